The second-order valence-corrected chi connectivity index (χ2v) is 4.98. The zero-order valence-corrected chi connectivity index (χ0v) is 11.5. The molecular weight excluding hydrogens is 306 g/mol. The van der Waals surface area contributed by atoms with Crippen molar-refractivity contribution in [2.75, 3.05) is 6.61 Å². The average Bonchev–Trinajstić information content (AvgIpc) is 2.44. The second kappa shape index (κ2) is 6.54. The van der Waals surface area contributed by atoms with E-state index in [9.17, 15) is 20.3 Å². The molecule has 0 amide bonds. The van der Waals surface area contributed by atoms with E-state index in [1.807, 2.05) is 0 Å². The molecule has 0 spiro atoms. The third kappa shape index (κ3) is 3.60. The number of nitro benzene ring substituents is 1. The molecule has 0 saturated carbocycles. The summed E-state index contributed by atoms with van der Waals surface area (Å²) in [6.45, 7) is -0.480. The topological polar surface area (TPSA) is 122 Å². The Kier molecular flexibility index (Phi) is 4.96. The predicted octanol–water partition coefficient (Wildman–Crippen LogP) is 0.456. The molecule has 1 saturated heterocycles. The van der Waals surface area contributed by atoms with Gasteiger partial charge in [-0.05, 0) is 6.07 Å². The minimum atomic E-state index is -1.21. The summed E-state index contributed by atoms with van der Waals surface area (Å²) in [6.07, 6.45) is -4.25. The highest BCUT2D eigenvalue weighted by Crippen LogP contribution is 2.31. The van der Waals surface area contributed by atoms with E-state index in [-0.39, 0.29) is 22.9 Å². The summed E-state index contributed by atoms with van der Waals surface area (Å²) in [5.41, 5.74) is -0.180. The van der Waals surface area contributed by atoms with Gasteiger partial charge in [0.2, 0.25) is 6.29 Å². The number of ether oxygens (including phenoxy) is 2. The molecule has 3 N–H and O–H groups in total. The van der Waals surface area contributed by atoms with Crippen molar-refractivity contribution in [3.63, 3.8) is 0 Å². The first kappa shape index (κ1) is 15.9. The van der Waals surface area contributed by atoms with Gasteiger partial charge < -0.3 is 24.8 Å². The van der Waals surface area contributed by atoms with Crippen LogP contribution in [0.2, 0.25) is 5.02 Å². The SMILES string of the molecule is O=[N+]([O-])c1ccc(O[C@@H]2C[C@@H](O)[C@H](O)[C@@H](CO)O2)c(Cl)c1. The smallest absolute Gasteiger partial charge is 0.271 e. The van der Waals surface area contributed by atoms with Crippen molar-refractivity contribution >= 4 is 17.3 Å². The molecule has 1 heterocycles. The van der Waals surface area contributed by atoms with E-state index < -0.39 is 36.1 Å². The number of aliphatic hydroxyl groups excluding tert-OH is 3. The summed E-state index contributed by atoms with van der Waals surface area (Å²) < 4.78 is 10.7. The lowest BCUT2D eigenvalue weighted by atomic mass is 10.0. The van der Waals surface area contributed by atoms with Crippen LogP contribution in [-0.4, -0.2) is 51.5 Å². The molecule has 9 heteroatoms. The first-order valence-corrected chi connectivity index (χ1v) is 6.53. The molecule has 0 radical (unpaired) electrons. The van der Waals surface area contributed by atoms with Crippen molar-refractivity contribution in [2.24, 2.45) is 0 Å². The van der Waals surface area contributed by atoms with Crippen molar-refractivity contribution < 1.29 is 29.7 Å². The summed E-state index contributed by atoms with van der Waals surface area (Å²) in [4.78, 5) is 10.0. The molecule has 1 aromatic rings. The number of nitro groups is 1. The van der Waals surface area contributed by atoms with E-state index in [2.05, 4.69) is 0 Å². The Morgan fingerprint density at radius 1 is 1.48 bits per heavy atom. The first-order chi connectivity index (χ1) is 9.92. The molecule has 116 valence electrons. The Labute approximate surface area is 124 Å². The zero-order valence-electron chi connectivity index (χ0n) is 10.8. The van der Waals surface area contributed by atoms with Crippen LogP contribution in [0.1, 0.15) is 6.42 Å². The number of hydrogen-bond acceptors (Lipinski definition) is 7. The largest absolute Gasteiger partial charge is 0.463 e. The number of non-ortho nitro benzene ring substituents is 1. The minimum absolute atomic E-state index is 0.0222. The fourth-order valence-electron chi connectivity index (χ4n) is 1.98. The zero-order chi connectivity index (χ0) is 15.6. The van der Waals surface area contributed by atoms with Gasteiger partial charge in [0.1, 0.15) is 18.0 Å². The summed E-state index contributed by atoms with van der Waals surface area (Å²) in [5.74, 6) is 0.146. The summed E-state index contributed by atoms with van der Waals surface area (Å²) in [6, 6.07) is 3.67. The van der Waals surface area contributed by atoms with Crippen LogP contribution in [0.15, 0.2) is 18.2 Å². The maximum atomic E-state index is 10.6. The van der Waals surface area contributed by atoms with Gasteiger partial charge in [-0.3, -0.25) is 10.1 Å². The van der Waals surface area contributed by atoms with Gasteiger partial charge in [0.05, 0.1) is 22.7 Å². The molecule has 1 aromatic carbocycles. The molecule has 21 heavy (non-hydrogen) atoms. The monoisotopic (exact) mass is 319 g/mol. The van der Waals surface area contributed by atoms with Gasteiger partial charge >= 0.3 is 0 Å². The third-order valence-electron chi connectivity index (χ3n) is 3.10. The Morgan fingerprint density at radius 2 is 2.19 bits per heavy atom. The van der Waals surface area contributed by atoms with Crippen LogP contribution in [0, 0.1) is 10.1 Å². The lowest BCUT2D eigenvalue weighted by Gasteiger charge is -2.36. The maximum absolute atomic E-state index is 10.6. The van der Waals surface area contributed by atoms with Gasteiger partial charge in [-0.1, -0.05) is 11.6 Å². The number of halogens is 1. The van der Waals surface area contributed by atoms with Crippen LogP contribution in [-0.2, 0) is 4.74 Å². The van der Waals surface area contributed by atoms with E-state index in [4.69, 9.17) is 26.2 Å². The second-order valence-electron chi connectivity index (χ2n) is 4.57. The molecule has 0 unspecified atom stereocenters. The number of aliphatic hydroxyl groups is 3. The lowest BCUT2D eigenvalue weighted by molar-refractivity contribution is -0.384. The Bertz CT molecular complexity index is 526. The number of nitrogens with zero attached hydrogens (tertiary/aromatic N) is 1. The minimum Gasteiger partial charge on any atom is -0.463 e. The molecule has 8 nitrogen and oxygen atoms in total. The van der Waals surface area contributed by atoms with Crippen LogP contribution in [0.5, 0.6) is 5.75 Å². The van der Waals surface area contributed by atoms with Crippen molar-refractivity contribution in [1.29, 1.82) is 0 Å². The molecule has 1 aliphatic heterocycles. The van der Waals surface area contributed by atoms with Gasteiger partial charge in [-0.2, -0.15) is 0 Å². The highest BCUT2D eigenvalue weighted by molar-refractivity contribution is 6.32. The summed E-state index contributed by atoms with van der Waals surface area (Å²) in [5, 5.41) is 38.9. The molecule has 4 atom stereocenters. The van der Waals surface area contributed by atoms with Crippen LogP contribution in [0.4, 0.5) is 5.69 Å². The first-order valence-electron chi connectivity index (χ1n) is 6.15. The third-order valence-corrected chi connectivity index (χ3v) is 3.40. The molecule has 0 bridgehead atoms. The van der Waals surface area contributed by atoms with Gasteiger partial charge in [-0.15, -0.1) is 0 Å². The van der Waals surface area contributed by atoms with Gasteiger partial charge in [0.15, 0.2) is 0 Å². The Morgan fingerprint density at radius 3 is 2.76 bits per heavy atom. The van der Waals surface area contributed by atoms with Crippen molar-refractivity contribution in [2.45, 2.75) is 31.0 Å². The molecule has 0 aromatic heterocycles. The Hall–Kier alpha value is -1.45. The molecule has 0 aliphatic carbocycles. The van der Waals surface area contributed by atoms with Crippen LogP contribution < -0.4 is 4.74 Å². The fourth-order valence-corrected chi connectivity index (χ4v) is 2.20. The number of rotatable bonds is 4. The molecule has 1 aliphatic rings. The van der Waals surface area contributed by atoms with E-state index in [1.54, 1.807) is 0 Å². The highest BCUT2D eigenvalue weighted by atomic mass is 35.5. The fraction of sp³-hybridized carbons (Fsp3) is 0.500. The summed E-state index contributed by atoms with van der Waals surface area (Å²) in [7, 11) is 0. The summed E-state index contributed by atoms with van der Waals surface area (Å²) >= 11 is 5.88. The van der Waals surface area contributed by atoms with Crippen LogP contribution in [0.3, 0.4) is 0 Å². The van der Waals surface area contributed by atoms with Crippen molar-refractivity contribution in [1.82, 2.24) is 0 Å². The van der Waals surface area contributed by atoms with Crippen LogP contribution >= 0.6 is 11.6 Å². The molecule has 1 fully saturated rings. The average molecular weight is 320 g/mol. The van der Waals surface area contributed by atoms with E-state index in [0.29, 0.717) is 0 Å². The molecular formula is C12H14ClNO7. The number of benzene rings is 1. The lowest BCUT2D eigenvalue weighted by Crippen LogP contribution is -2.51. The van der Waals surface area contributed by atoms with Gasteiger partial charge in [0, 0.05) is 18.6 Å². The number of hydrogen-bond donors (Lipinski definition) is 3. The normalized spacial score (nSPS) is 29.1. The van der Waals surface area contributed by atoms with Gasteiger partial charge in [-0.25, -0.2) is 0 Å². The van der Waals surface area contributed by atoms with E-state index in [1.165, 1.54) is 12.1 Å². The molecule has 2 rings (SSSR count). The van der Waals surface area contributed by atoms with Crippen molar-refractivity contribution in [3.05, 3.63) is 33.3 Å². The van der Waals surface area contributed by atoms with Gasteiger partial charge in [0.25, 0.3) is 5.69 Å². The quantitative estimate of drug-likeness (QED) is 0.544. The van der Waals surface area contributed by atoms with Crippen LogP contribution in [0.25, 0.3) is 0 Å². The van der Waals surface area contributed by atoms with Crippen molar-refractivity contribution in [3.8, 4) is 5.75 Å². The highest BCUT2D eigenvalue weighted by Gasteiger charge is 2.37. The standard InChI is InChI=1S/C12H14ClNO7/c13-7-3-6(14(18)19)1-2-9(7)20-11-4-8(16)12(17)10(5-15)21-11/h1-3,8,10-12,15-17H,4-5H2/t8-,10-,11+,12+/m1/s1. The predicted molar refractivity (Wildman–Crippen MR) is 71.1 cm³/mol. The Balaban J connectivity index is 2.09. The maximum Gasteiger partial charge on any atom is 0.271 e. The van der Waals surface area contributed by atoms with E-state index in [0.717, 1.165) is 6.07 Å². The van der Waals surface area contributed by atoms with E-state index >= 15 is 0 Å².